The molecule has 0 saturated carbocycles. The van der Waals surface area contributed by atoms with E-state index in [1.807, 2.05) is 11.8 Å². The molecule has 0 unspecified atom stereocenters. The minimum Gasteiger partial charge on any atom is -0.329 e. The number of rotatable bonds is 7. The predicted octanol–water partition coefficient (Wildman–Crippen LogP) is 1.50. The molecule has 18 heavy (non-hydrogen) atoms. The summed E-state index contributed by atoms with van der Waals surface area (Å²) in [6, 6.07) is 6.73. The van der Waals surface area contributed by atoms with Crippen LogP contribution < -0.4 is 5.73 Å². The Hall–Kier alpha value is -0.430. The number of nitrogens with zero attached hydrogens (tertiary/aromatic N) is 1. The molecular weight excluding hydrogens is 316 g/mol. The summed E-state index contributed by atoms with van der Waals surface area (Å²) in [6.45, 7) is 4.61. The van der Waals surface area contributed by atoms with Crippen LogP contribution in [0, 0.1) is 0 Å². The van der Waals surface area contributed by atoms with Gasteiger partial charge in [0.1, 0.15) is 0 Å². The average Bonchev–Trinajstić information content (AvgIpc) is 2.35. The first-order valence-corrected chi connectivity index (χ1v) is 8.35. The predicted molar refractivity (Wildman–Crippen MR) is 77.4 cm³/mol. The van der Waals surface area contributed by atoms with Crippen LogP contribution in [0.1, 0.15) is 6.92 Å². The molecule has 1 rings (SSSR count). The van der Waals surface area contributed by atoms with Crippen molar-refractivity contribution in [1.82, 2.24) is 4.90 Å². The highest BCUT2D eigenvalue weighted by atomic mass is 79.9. The summed E-state index contributed by atoms with van der Waals surface area (Å²) in [4.78, 5) is 2.41. The van der Waals surface area contributed by atoms with Gasteiger partial charge in [-0.1, -0.05) is 22.9 Å². The highest BCUT2D eigenvalue weighted by molar-refractivity contribution is 9.10. The first-order chi connectivity index (χ1) is 8.49. The van der Waals surface area contributed by atoms with Crippen LogP contribution in [0.25, 0.3) is 0 Å². The molecule has 102 valence electrons. The lowest BCUT2D eigenvalue weighted by Gasteiger charge is -2.19. The van der Waals surface area contributed by atoms with Gasteiger partial charge in [-0.15, -0.1) is 0 Å². The van der Waals surface area contributed by atoms with Gasteiger partial charge in [-0.3, -0.25) is 0 Å². The zero-order valence-electron chi connectivity index (χ0n) is 10.5. The second-order valence-electron chi connectivity index (χ2n) is 4.00. The van der Waals surface area contributed by atoms with Gasteiger partial charge in [0, 0.05) is 24.1 Å². The third-order valence-corrected chi connectivity index (χ3v) is 4.98. The van der Waals surface area contributed by atoms with Gasteiger partial charge in [-0.2, -0.15) is 0 Å². The quantitative estimate of drug-likeness (QED) is 0.820. The van der Waals surface area contributed by atoms with Crippen molar-refractivity contribution < 1.29 is 8.42 Å². The van der Waals surface area contributed by atoms with Crippen molar-refractivity contribution in [1.29, 1.82) is 0 Å². The zero-order valence-corrected chi connectivity index (χ0v) is 12.9. The van der Waals surface area contributed by atoms with E-state index in [2.05, 4.69) is 15.9 Å². The Balaban J connectivity index is 2.67. The monoisotopic (exact) mass is 334 g/mol. The second-order valence-corrected chi connectivity index (χ2v) is 7.02. The highest BCUT2D eigenvalue weighted by Crippen LogP contribution is 2.15. The van der Waals surface area contributed by atoms with E-state index in [0.29, 0.717) is 18.0 Å². The van der Waals surface area contributed by atoms with Crippen LogP contribution in [0.3, 0.4) is 0 Å². The summed E-state index contributed by atoms with van der Waals surface area (Å²) >= 11 is 3.29. The van der Waals surface area contributed by atoms with Crippen molar-refractivity contribution in [2.45, 2.75) is 11.8 Å². The number of sulfone groups is 1. The molecule has 0 amide bonds. The molecule has 2 N–H and O–H groups in total. The molecule has 0 saturated heterocycles. The number of hydrogen-bond acceptors (Lipinski definition) is 4. The number of halogens is 1. The lowest BCUT2D eigenvalue weighted by Crippen LogP contribution is -2.33. The molecule has 6 heteroatoms. The zero-order chi connectivity index (χ0) is 13.6. The molecule has 0 aliphatic rings. The molecule has 1 aromatic rings. The lowest BCUT2D eigenvalue weighted by molar-refractivity contribution is 0.313. The standard InChI is InChI=1S/C12H19BrN2O2S/c1-2-15(8-7-14)9-10-18(16,17)12-5-3-11(13)4-6-12/h3-6H,2,7-10,14H2,1H3. The van der Waals surface area contributed by atoms with Crippen LogP contribution in [-0.4, -0.2) is 45.2 Å². The van der Waals surface area contributed by atoms with Crippen LogP contribution >= 0.6 is 15.9 Å². The molecule has 0 aliphatic carbocycles. The second kappa shape index (κ2) is 7.23. The number of nitrogens with two attached hydrogens (primary N) is 1. The fourth-order valence-electron chi connectivity index (χ4n) is 1.62. The van der Waals surface area contributed by atoms with Crippen molar-refractivity contribution in [3.63, 3.8) is 0 Å². The van der Waals surface area contributed by atoms with Crippen LogP contribution in [0.4, 0.5) is 0 Å². The van der Waals surface area contributed by atoms with Crippen molar-refractivity contribution in [2.75, 3.05) is 31.9 Å². The van der Waals surface area contributed by atoms with E-state index in [4.69, 9.17) is 5.73 Å². The van der Waals surface area contributed by atoms with Gasteiger partial charge in [0.05, 0.1) is 10.6 Å². The van der Waals surface area contributed by atoms with Crippen molar-refractivity contribution >= 4 is 25.8 Å². The van der Waals surface area contributed by atoms with Gasteiger partial charge in [-0.05, 0) is 30.8 Å². The molecule has 1 aromatic carbocycles. The molecule has 0 bridgehead atoms. The summed E-state index contributed by atoms with van der Waals surface area (Å²) in [5.74, 6) is 0.127. The van der Waals surface area contributed by atoms with Gasteiger partial charge < -0.3 is 10.6 Å². The van der Waals surface area contributed by atoms with Crippen LogP contribution in [0.15, 0.2) is 33.6 Å². The van der Waals surface area contributed by atoms with Crippen molar-refractivity contribution in [3.8, 4) is 0 Å². The van der Waals surface area contributed by atoms with Crippen molar-refractivity contribution in [3.05, 3.63) is 28.7 Å². The first kappa shape index (κ1) is 15.6. The third-order valence-electron chi connectivity index (χ3n) is 2.74. The van der Waals surface area contributed by atoms with E-state index in [1.54, 1.807) is 24.3 Å². The minimum atomic E-state index is -3.20. The van der Waals surface area contributed by atoms with E-state index in [1.165, 1.54) is 0 Å². The molecule has 4 nitrogen and oxygen atoms in total. The Morgan fingerprint density at radius 2 is 1.83 bits per heavy atom. The normalized spacial score (nSPS) is 12.0. The van der Waals surface area contributed by atoms with E-state index >= 15 is 0 Å². The Labute approximate surface area is 117 Å². The molecule has 0 spiro atoms. The summed E-state index contributed by atoms with van der Waals surface area (Å²) < 4.78 is 25.1. The van der Waals surface area contributed by atoms with E-state index in [9.17, 15) is 8.42 Å². The number of hydrogen-bond donors (Lipinski definition) is 1. The Morgan fingerprint density at radius 3 is 2.33 bits per heavy atom. The fraction of sp³-hybridized carbons (Fsp3) is 0.500. The third kappa shape index (κ3) is 4.68. The highest BCUT2D eigenvalue weighted by Gasteiger charge is 2.15. The Bertz CT molecular complexity index is 459. The molecule has 0 heterocycles. The summed E-state index contributed by atoms with van der Waals surface area (Å²) in [5, 5.41) is 0. The Kier molecular flexibility index (Phi) is 6.28. The van der Waals surface area contributed by atoms with Gasteiger partial charge in [-0.25, -0.2) is 8.42 Å². The maximum Gasteiger partial charge on any atom is 0.179 e. The van der Waals surface area contributed by atoms with Crippen LogP contribution in [-0.2, 0) is 9.84 Å². The molecule has 0 radical (unpaired) electrons. The van der Waals surface area contributed by atoms with E-state index in [0.717, 1.165) is 17.6 Å². The van der Waals surface area contributed by atoms with Gasteiger partial charge in [0.2, 0.25) is 0 Å². The summed E-state index contributed by atoms with van der Waals surface area (Å²) in [5.41, 5.74) is 5.48. The average molecular weight is 335 g/mol. The van der Waals surface area contributed by atoms with E-state index in [-0.39, 0.29) is 5.75 Å². The van der Waals surface area contributed by atoms with Crippen LogP contribution in [0.2, 0.25) is 0 Å². The number of likely N-dealkylation sites (N-methyl/N-ethyl adjacent to an activating group) is 1. The largest absolute Gasteiger partial charge is 0.329 e. The molecule has 0 aliphatic heterocycles. The summed E-state index contributed by atoms with van der Waals surface area (Å²) in [7, 11) is -3.20. The van der Waals surface area contributed by atoms with E-state index < -0.39 is 9.84 Å². The lowest BCUT2D eigenvalue weighted by atomic mass is 10.4. The first-order valence-electron chi connectivity index (χ1n) is 5.90. The topological polar surface area (TPSA) is 63.4 Å². The van der Waals surface area contributed by atoms with Gasteiger partial charge in [0.25, 0.3) is 0 Å². The van der Waals surface area contributed by atoms with Gasteiger partial charge in [0.15, 0.2) is 9.84 Å². The van der Waals surface area contributed by atoms with Crippen molar-refractivity contribution in [2.24, 2.45) is 5.73 Å². The molecule has 0 atom stereocenters. The fourth-order valence-corrected chi connectivity index (χ4v) is 3.17. The molecule has 0 fully saturated rings. The smallest absolute Gasteiger partial charge is 0.179 e. The van der Waals surface area contributed by atoms with Crippen LogP contribution in [0.5, 0.6) is 0 Å². The van der Waals surface area contributed by atoms with Gasteiger partial charge >= 0.3 is 0 Å². The summed E-state index contributed by atoms with van der Waals surface area (Å²) in [6.07, 6.45) is 0. The SMILES string of the molecule is CCN(CCN)CCS(=O)(=O)c1ccc(Br)cc1. The molecular formula is C12H19BrN2O2S. The number of benzene rings is 1. The maximum absolute atomic E-state index is 12.1. The maximum atomic E-state index is 12.1. The Morgan fingerprint density at radius 1 is 1.22 bits per heavy atom. The minimum absolute atomic E-state index is 0.127. The molecule has 0 aromatic heterocycles.